The summed E-state index contributed by atoms with van der Waals surface area (Å²) < 4.78 is 37.2. The monoisotopic (exact) mass is 259 g/mol. The molecule has 4 heteroatoms. The zero-order valence-corrected chi connectivity index (χ0v) is 11.0. The van der Waals surface area contributed by atoms with Gasteiger partial charge in [0.1, 0.15) is 0 Å². The lowest BCUT2D eigenvalue weighted by atomic mass is 9.87. The van der Waals surface area contributed by atoms with E-state index in [0.29, 0.717) is 0 Å². The molecule has 1 atom stereocenters. The van der Waals surface area contributed by atoms with Crippen LogP contribution in [0.3, 0.4) is 0 Å². The van der Waals surface area contributed by atoms with Crippen LogP contribution in [-0.4, -0.2) is 0 Å². The molecule has 1 aromatic rings. The summed E-state index contributed by atoms with van der Waals surface area (Å²) in [5.41, 5.74) is 6.29. The minimum atomic E-state index is -4.28. The first-order chi connectivity index (χ1) is 8.09. The van der Waals surface area contributed by atoms with Crippen molar-refractivity contribution in [3.05, 3.63) is 35.4 Å². The van der Waals surface area contributed by atoms with Crippen LogP contribution in [0.15, 0.2) is 24.3 Å². The van der Waals surface area contributed by atoms with Gasteiger partial charge in [0.05, 0.1) is 5.56 Å². The van der Waals surface area contributed by atoms with Crippen LogP contribution in [-0.2, 0) is 6.18 Å². The minimum absolute atomic E-state index is 0.184. The SMILES string of the molecule is CC(C)(C)CCC(N)c1ccc(C(F)(F)F)cc1. The van der Waals surface area contributed by atoms with E-state index in [9.17, 15) is 13.2 Å². The Balaban J connectivity index is 2.68. The summed E-state index contributed by atoms with van der Waals surface area (Å²) in [5.74, 6) is 0. The molecule has 0 aliphatic rings. The zero-order valence-electron chi connectivity index (χ0n) is 11.0. The van der Waals surface area contributed by atoms with E-state index in [-0.39, 0.29) is 11.5 Å². The van der Waals surface area contributed by atoms with Gasteiger partial charge < -0.3 is 5.73 Å². The Bertz CT molecular complexity index is 374. The maximum absolute atomic E-state index is 12.4. The highest BCUT2D eigenvalue weighted by Gasteiger charge is 2.30. The van der Waals surface area contributed by atoms with Crippen LogP contribution in [0.5, 0.6) is 0 Å². The molecule has 0 aliphatic carbocycles. The van der Waals surface area contributed by atoms with Crippen LogP contribution in [0, 0.1) is 5.41 Å². The van der Waals surface area contributed by atoms with Crippen molar-refractivity contribution < 1.29 is 13.2 Å². The largest absolute Gasteiger partial charge is 0.416 e. The molecular formula is C14H20F3N. The molecule has 0 aliphatic heterocycles. The maximum Gasteiger partial charge on any atom is 0.416 e. The van der Waals surface area contributed by atoms with Gasteiger partial charge in [-0.3, -0.25) is 0 Å². The molecule has 0 saturated heterocycles. The highest BCUT2D eigenvalue weighted by atomic mass is 19.4. The van der Waals surface area contributed by atoms with Crippen LogP contribution in [0.25, 0.3) is 0 Å². The Morgan fingerprint density at radius 3 is 1.94 bits per heavy atom. The number of halogens is 3. The summed E-state index contributed by atoms with van der Waals surface area (Å²) in [6.07, 6.45) is -2.57. The molecule has 0 spiro atoms. The molecule has 1 unspecified atom stereocenters. The summed E-state index contributed by atoms with van der Waals surface area (Å²) in [7, 11) is 0. The van der Waals surface area contributed by atoms with Crippen LogP contribution in [0.1, 0.15) is 50.8 Å². The Morgan fingerprint density at radius 1 is 1.06 bits per heavy atom. The lowest BCUT2D eigenvalue weighted by Gasteiger charge is -2.21. The van der Waals surface area contributed by atoms with Crippen molar-refractivity contribution in [3.8, 4) is 0 Å². The van der Waals surface area contributed by atoms with Crippen molar-refractivity contribution in [3.63, 3.8) is 0 Å². The third-order valence-electron chi connectivity index (χ3n) is 2.87. The molecule has 0 aromatic heterocycles. The number of hydrogen-bond acceptors (Lipinski definition) is 1. The molecule has 0 heterocycles. The van der Waals surface area contributed by atoms with Crippen molar-refractivity contribution >= 4 is 0 Å². The van der Waals surface area contributed by atoms with Crippen molar-refractivity contribution in [2.75, 3.05) is 0 Å². The minimum Gasteiger partial charge on any atom is -0.324 e. The number of rotatable bonds is 3. The van der Waals surface area contributed by atoms with Gasteiger partial charge in [-0.2, -0.15) is 13.2 Å². The highest BCUT2D eigenvalue weighted by molar-refractivity contribution is 5.26. The van der Waals surface area contributed by atoms with Crippen LogP contribution in [0.2, 0.25) is 0 Å². The average molecular weight is 259 g/mol. The number of nitrogens with two attached hydrogens (primary N) is 1. The van der Waals surface area contributed by atoms with Crippen LogP contribution in [0.4, 0.5) is 13.2 Å². The highest BCUT2D eigenvalue weighted by Crippen LogP contribution is 2.31. The van der Waals surface area contributed by atoms with Crippen molar-refractivity contribution in [2.45, 2.75) is 45.8 Å². The van der Waals surface area contributed by atoms with E-state index in [0.717, 1.165) is 30.5 Å². The maximum atomic E-state index is 12.4. The molecule has 0 fully saturated rings. The number of alkyl halides is 3. The lowest BCUT2D eigenvalue weighted by molar-refractivity contribution is -0.137. The summed E-state index contributed by atoms with van der Waals surface area (Å²) in [5, 5.41) is 0. The van der Waals surface area contributed by atoms with Crippen molar-refractivity contribution in [2.24, 2.45) is 11.1 Å². The van der Waals surface area contributed by atoms with E-state index in [1.165, 1.54) is 12.1 Å². The second-order valence-corrected chi connectivity index (χ2v) is 5.83. The fourth-order valence-electron chi connectivity index (χ4n) is 1.67. The van der Waals surface area contributed by atoms with Crippen LogP contribution < -0.4 is 5.73 Å². The molecule has 0 radical (unpaired) electrons. The van der Waals surface area contributed by atoms with E-state index in [4.69, 9.17) is 5.73 Å². The first-order valence-corrected chi connectivity index (χ1v) is 6.02. The molecular weight excluding hydrogens is 239 g/mol. The number of benzene rings is 1. The van der Waals surface area contributed by atoms with E-state index in [2.05, 4.69) is 20.8 Å². The molecule has 0 saturated carbocycles. The summed E-state index contributed by atoms with van der Waals surface area (Å²) in [4.78, 5) is 0. The van der Waals surface area contributed by atoms with Gasteiger partial charge in [0, 0.05) is 6.04 Å². The molecule has 1 nitrogen and oxygen atoms in total. The first-order valence-electron chi connectivity index (χ1n) is 6.02. The zero-order chi connectivity index (χ0) is 14.0. The molecule has 102 valence electrons. The quantitative estimate of drug-likeness (QED) is 0.847. The van der Waals surface area contributed by atoms with E-state index < -0.39 is 11.7 Å². The Hall–Kier alpha value is -1.03. The normalized spacial score (nSPS) is 14.6. The van der Waals surface area contributed by atoms with Gasteiger partial charge in [0.15, 0.2) is 0 Å². The molecule has 0 bridgehead atoms. The van der Waals surface area contributed by atoms with E-state index in [1.807, 2.05) is 0 Å². The second kappa shape index (κ2) is 5.31. The molecule has 2 N–H and O–H groups in total. The molecule has 1 rings (SSSR count). The second-order valence-electron chi connectivity index (χ2n) is 5.83. The van der Waals surface area contributed by atoms with E-state index >= 15 is 0 Å². The fourth-order valence-corrected chi connectivity index (χ4v) is 1.67. The predicted octanol–water partition coefficient (Wildman–Crippen LogP) is 4.53. The molecule has 18 heavy (non-hydrogen) atoms. The van der Waals surface area contributed by atoms with Crippen molar-refractivity contribution in [1.29, 1.82) is 0 Å². The topological polar surface area (TPSA) is 26.0 Å². The summed E-state index contributed by atoms with van der Waals surface area (Å²) >= 11 is 0. The first kappa shape index (κ1) is 15.0. The van der Waals surface area contributed by atoms with Gasteiger partial charge in [0.2, 0.25) is 0 Å². The van der Waals surface area contributed by atoms with Crippen LogP contribution >= 0.6 is 0 Å². The molecule has 0 amide bonds. The standard InChI is InChI=1S/C14H20F3N/c1-13(2,3)9-8-12(18)10-4-6-11(7-5-10)14(15,16)17/h4-7,12H,8-9,18H2,1-3H3. The Morgan fingerprint density at radius 2 is 1.56 bits per heavy atom. The van der Waals surface area contributed by atoms with E-state index in [1.54, 1.807) is 0 Å². The smallest absolute Gasteiger partial charge is 0.324 e. The van der Waals surface area contributed by atoms with Gasteiger partial charge in [-0.05, 0) is 36.0 Å². The van der Waals surface area contributed by atoms with Gasteiger partial charge in [-0.15, -0.1) is 0 Å². The van der Waals surface area contributed by atoms with Gasteiger partial charge in [-0.25, -0.2) is 0 Å². The van der Waals surface area contributed by atoms with Gasteiger partial charge in [-0.1, -0.05) is 32.9 Å². The Labute approximate surface area is 106 Å². The molecule has 1 aromatic carbocycles. The van der Waals surface area contributed by atoms with Gasteiger partial charge in [0.25, 0.3) is 0 Å². The lowest BCUT2D eigenvalue weighted by Crippen LogP contribution is -2.15. The summed E-state index contributed by atoms with van der Waals surface area (Å²) in [6, 6.07) is 4.91. The third kappa shape index (κ3) is 4.69. The fraction of sp³-hybridized carbons (Fsp3) is 0.571. The summed E-state index contributed by atoms with van der Waals surface area (Å²) in [6.45, 7) is 6.35. The average Bonchev–Trinajstić information content (AvgIpc) is 2.24. The number of hydrogen-bond donors (Lipinski definition) is 1. The van der Waals surface area contributed by atoms with Gasteiger partial charge >= 0.3 is 6.18 Å². The predicted molar refractivity (Wildman–Crippen MR) is 67.1 cm³/mol. The van der Waals surface area contributed by atoms with Crippen molar-refractivity contribution in [1.82, 2.24) is 0 Å². The Kier molecular flexibility index (Phi) is 4.43. The third-order valence-corrected chi connectivity index (χ3v) is 2.87.